The van der Waals surface area contributed by atoms with E-state index in [9.17, 15) is 9.90 Å². The van der Waals surface area contributed by atoms with Gasteiger partial charge in [-0.3, -0.25) is 4.79 Å². The first-order chi connectivity index (χ1) is 10.2. The van der Waals surface area contributed by atoms with E-state index in [1.165, 1.54) is 11.3 Å². The number of aliphatic hydroxyl groups is 1. The molecule has 1 aromatic rings. The highest BCUT2D eigenvalue weighted by molar-refractivity contribution is 5.79. The van der Waals surface area contributed by atoms with Crippen LogP contribution in [-0.4, -0.2) is 42.0 Å². The summed E-state index contributed by atoms with van der Waals surface area (Å²) in [4.78, 5) is 13.5. The van der Waals surface area contributed by atoms with Crippen molar-refractivity contribution < 1.29 is 9.90 Å². The molecule has 2 N–H and O–H groups in total. The summed E-state index contributed by atoms with van der Waals surface area (Å²) in [7, 11) is 0. The Morgan fingerprint density at radius 3 is 2.86 bits per heavy atom. The van der Waals surface area contributed by atoms with Gasteiger partial charge in [0.25, 0.3) is 0 Å². The molecule has 2 aliphatic heterocycles. The lowest BCUT2D eigenvalue weighted by molar-refractivity contribution is -0.121. The van der Waals surface area contributed by atoms with Gasteiger partial charge in [-0.15, -0.1) is 0 Å². The predicted octanol–water partition coefficient (Wildman–Crippen LogP) is 2.13. The highest BCUT2D eigenvalue weighted by atomic mass is 16.3. The minimum atomic E-state index is -0.408. The van der Waals surface area contributed by atoms with Crippen LogP contribution in [0.15, 0.2) is 18.2 Å². The molecule has 0 amide bonds. The van der Waals surface area contributed by atoms with E-state index in [2.05, 4.69) is 22.3 Å². The number of ketones is 1. The van der Waals surface area contributed by atoms with Crippen molar-refractivity contribution in [2.24, 2.45) is 0 Å². The molecule has 0 aromatic heterocycles. The number of fused-ring (bicyclic) bond motifs is 1. The Bertz CT molecular complexity index is 506. The largest absolute Gasteiger partial charge is 0.388 e. The Morgan fingerprint density at radius 2 is 2.05 bits per heavy atom. The number of nitrogens with zero attached hydrogens (tertiary/aromatic N) is 1. The number of benzene rings is 1. The third kappa shape index (κ3) is 3.63. The molecule has 3 rings (SSSR count). The normalized spacial score (nSPS) is 20.7. The van der Waals surface area contributed by atoms with Gasteiger partial charge in [-0.2, -0.15) is 0 Å². The average Bonchev–Trinajstić information content (AvgIpc) is 2.53. The number of likely N-dealkylation sites (tertiary alicyclic amines) is 1. The van der Waals surface area contributed by atoms with Gasteiger partial charge in [-0.1, -0.05) is 12.1 Å². The van der Waals surface area contributed by atoms with Crippen molar-refractivity contribution in [2.75, 3.05) is 31.5 Å². The molecule has 0 radical (unpaired) electrons. The average molecular weight is 288 g/mol. The second-order valence-electron chi connectivity index (χ2n) is 6.13. The second kappa shape index (κ2) is 6.58. The molecule has 2 heterocycles. The number of rotatable bonds is 4. The Balaban J connectivity index is 1.55. The van der Waals surface area contributed by atoms with Crippen LogP contribution in [0.1, 0.15) is 42.9 Å². The minimum absolute atomic E-state index is 0.369. The van der Waals surface area contributed by atoms with Crippen LogP contribution in [0.2, 0.25) is 0 Å². The number of carbonyl (C=O) groups is 1. The monoisotopic (exact) mass is 288 g/mol. The lowest BCUT2D eigenvalue weighted by Crippen LogP contribution is -2.35. The molecule has 21 heavy (non-hydrogen) atoms. The van der Waals surface area contributed by atoms with Gasteiger partial charge in [0.2, 0.25) is 0 Å². The van der Waals surface area contributed by atoms with Crippen LogP contribution in [0.25, 0.3) is 0 Å². The number of aryl methyl sites for hydroxylation is 1. The van der Waals surface area contributed by atoms with Crippen molar-refractivity contribution >= 4 is 11.5 Å². The number of piperidine rings is 1. The lowest BCUT2D eigenvalue weighted by atomic mass is 9.97. The van der Waals surface area contributed by atoms with Crippen LogP contribution < -0.4 is 5.32 Å². The van der Waals surface area contributed by atoms with E-state index in [0.717, 1.165) is 51.0 Å². The molecular weight excluding hydrogens is 264 g/mol. The molecular formula is C17H24N2O2. The van der Waals surface area contributed by atoms with Crippen molar-refractivity contribution in [3.63, 3.8) is 0 Å². The fourth-order valence-electron chi connectivity index (χ4n) is 3.20. The standard InChI is InChI=1S/C17H24N2O2/c20-15-5-9-19(10-6-15)11-7-17(21)14-3-4-16-13(12-14)2-1-8-18-16/h3-4,12,17-18,21H,1-2,5-11H2. The minimum Gasteiger partial charge on any atom is -0.388 e. The van der Waals surface area contributed by atoms with Crippen LogP contribution in [-0.2, 0) is 11.2 Å². The maximum Gasteiger partial charge on any atom is 0.135 e. The zero-order valence-corrected chi connectivity index (χ0v) is 12.5. The summed E-state index contributed by atoms with van der Waals surface area (Å²) >= 11 is 0. The summed E-state index contributed by atoms with van der Waals surface area (Å²) in [5, 5.41) is 13.8. The van der Waals surface area contributed by atoms with Gasteiger partial charge in [-0.05, 0) is 36.5 Å². The first-order valence-electron chi connectivity index (χ1n) is 8.01. The van der Waals surface area contributed by atoms with E-state index in [4.69, 9.17) is 0 Å². The second-order valence-corrected chi connectivity index (χ2v) is 6.13. The third-order valence-corrected chi connectivity index (χ3v) is 4.58. The Labute approximate surface area is 126 Å². The zero-order chi connectivity index (χ0) is 14.7. The summed E-state index contributed by atoms with van der Waals surface area (Å²) in [6.45, 7) is 3.60. The number of anilines is 1. The summed E-state index contributed by atoms with van der Waals surface area (Å²) in [5.74, 6) is 0.369. The molecule has 0 spiro atoms. The lowest BCUT2D eigenvalue weighted by Gasteiger charge is -2.27. The van der Waals surface area contributed by atoms with Crippen LogP contribution in [0, 0.1) is 0 Å². The van der Waals surface area contributed by atoms with E-state index in [-0.39, 0.29) is 0 Å². The number of hydrogen-bond donors (Lipinski definition) is 2. The number of carbonyl (C=O) groups excluding carboxylic acids is 1. The molecule has 1 atom stereocenters. The topological polar surface area (TPSA) is 52.6 Å². The third-order valence-electron chi connectivity index (χ3n) is 4.58. The number of aliphatic hydroxyl groups excluding tert-OH is 1. The SMILES string of the molecule is O=C1CCN(CCC(O)c2ccc3c(c2)CCCN3)CC1. The van der Waals surface area contributed by atoms with Crippen LogP contribution in [0.4, 0.5) is 5.69 Å². The molecule has 1 unspecified atom stereocenters. The van der Waals surface area contributed by atoms with Crippen molar-refractivity contribution in [3.05, 3.63) is 29.3 Å². The van der Waals surface area contributed by atoms with E-state index in [1.54, 1.807) is 0 Å². The summed E-state index contributed by atoms with van der Waals surface area (Å²) in [5.41, 5.74) is 3.55. The molecule has 1 saturated heterocycles. The molecule has 1 fully saturated rings. The molecule has 4 nitrogen and oxygen atoms in total. The van der Waals surface area contributed by atoms with Gasteiger partial charge in [0.1, 0.15) is 5.78 Å². The van der Waals surface area contributed by atoms with Gasteiger partial charge in [0.05, 0.1) is 6.10 Å². The van der Waals surface area contributed by atoms with Crippen LogP contribution >= 0.6 is 0 Å². The fraction of sp³-hybridized carbons (Fsp3) is 0.588. The number of nitrogens with one attached hydrogen (secondary N) is 1. The summed E-state index contributed by atoms with van der Waals surface area (Å²) in [6.07, 6.45) is 3.92. The predicted molar refractivity (Wildman–Crippen MR) is 83.5 cm³/mol. The first kappa shape index (κ1) is 14.5. The smallest absolute Gasteiger partial charge is 0.135 e. The van der Waals surface area contributed by atoms with Crippen molar-refractivity contribution in [1.29, 1.82) is 0 Å². The fourth-order valence-corrected chi connectivity index (χ4v) is 3.20. The summed E-state index contributed by atoms with van der Waals surface area (Å²) in [6, 6.07) is 6.26. The number of Topliss-reactive ketones (excluding diaryl/α,β-unsaturated/α-hetero) is 1. The maximum atomic E-state index is 11.2. The van der Waals surface area contributed by atoms with Crippen molar-refractivity contribution in [1.82, 2.24) is 4.90 Å². The zero-order valence-electron chi connectivity index (χ0n) is 12.5. The van der Waals surface area contributed by atoms with E-state index >= 15 is 0 Å². The molecule has 114 valence electrons. The van der Waals surface area contributed by atoms with Gasteiger partial charge >= 0.3 is 0 Å². The molecule has 1 aromatic carbocycles. The van der Waals surface area contributed by atoms with Crippen molar-refractivity contribution in [3.8, 4) is 0 Å². The molecule has 4 heteroatoms. The highest BCUT2D eigenvalue weighted by Crippen LogP contribution is 2.27. The van der Waals surface area contributed by atoms with E-state index in [0.29, 0.717) is 18.6 Å². The van der Waals surface area contributed by atoms with Crippen molar-refractivity contribution in [2.45, 2.75) is 38.2 Å². The Kier molecular flexibility index (Phi) is 4.56. The number of hydrogen-bond acceptors (Lipinski definition) is 4. The van der Waals surface area contributed by atoms with Gasteiger partial charge in [-0.25, -0.2) is 0 Å². The van der Waals surface area contributed by atoms with E-state index < -0.39 is 6.10 Å². The van der Waals surface area contributed by atoms with E-state index in [1.807, 2.05) is 6.07 Å². The van der Waals surface area contributed by atoms with Gasteiger partial charge in [0.15, 0.2) is 0 Å². The van der Waals surface area contributed by atoms with Crippen LogP contribution in [0.3, 0.4) is 0 Å². The molecule has 0 bridgehead atoms. The molecule has 0 saturated carbocycles. The quantitative estimate of drug-likeness (QED) is 0.891. The Hall–Kier alpha value is -1.39. The van der Waals surface area contributed by atoms with Gasteiger partial charge in [0, 0.05) is 44.7 Å². The Morgan fingerprint density at radius 1 is 1.24 bits per heavy atom. The first-order valence-corrected chi connectivity index (χ1v) is 8.01. The molecule has 2 aliphatic rings. The summed E-state index contributed by atoms with van der Waals surface area (Å²) < 4.78 is 0. The highest BCUT2D eigenvalue weighted by Gasteiger charge is 2.18. The van der Waals surface area contributed by atoms with Gasteiger partial charge < -0.3 is 15.3 Å². The molecule has 0 aliphatic carbocycles. The van der Waals surface area contributed by atoms with Crippen LogP contribution in [0.5, 0.6) is 0 Å². The maximum absolute atomic E-state index is 11.2.